The van der Waals surface area contributed by atoms with Crippen LogP contribution in [-0.2, 0) is 10.2 Å². The molecule has 1 unspecified atom stereocenters. The largest absolute Gasteiger partial charge is 0.480 e. The van der Waals surface area contributed by atoms with E-state index in [1.54, 1.807) is 24.3 Å². The number of carbonyl (C=O) groups excluding carboxylic acids is 1. The van der Waals surface area contributed by atoms with Gasteiger partial charge in [0.15, 0.2) is 5.82 Å². The van der Waals surface area contributed by atoms with Crippen LogP contribution in [0, 0.1) is 0 Å². The lowest BCUT2D eigenvalue weighted by Crippen LogP contribution is -2.40. The first kappa shape index (κ1) is 17.7. The first-order chi connectivity index (χ1) is 11.1. The summed E-state index contributed by atoms with van der Waals surface area (Å²) in [5.41, 5.74) is 0.516. The molecule has 0 fully saturated rings. The molecule has 0 spiro atoms. The Morgan fingerprint density at radius 2 is 1.88 bits per heavy atom. The summed E-state index contributed by atoms with van der Waals surface area (Å²) in [5.74, 6) is -0.723. The van der Waals surface area contributed by atoms with Gasteiger partial charge in [-0.25, -0.2) is 4.79 Å². The van der Waals surface area contributed by atoms with Crippen molar-refractivity contribution in [2.75, 3.05) is 7.05 Å². The van der Waals surface area contributed by atoms with Gasteiger partial charge in [-0.15, -0.1) is 0 Å². The van der Waals surface area contributed by atoms with Crippen molar-refractivity contribution in [3.63, 3.8) is 0 Å². The van der Waals surface area contributed by atoms with Gasteiger partial charge in [0.05, 0.1) is 11.1 Å². The summed E-state index contributed by atoms with van der Waals surface area (Å²) < 4.78 is 5.31. The Morgan fingerprint density at radius 1 is 1.25 bits per heavy atom. The highest BCUT2D eigenvalue weighted by Gasteiger charge is 2.27. The van der Waals surface area contributed by atoms with E-state index in [0.717, 1.165) is 0 Å². The van der Waals surface area contributed by atoms with Gasteiger partial charge in [-0.2, -0.15) is 4.98 Å². The molecule has 0 radical (unpaired) electrons. The summed E-state index contributed by atoms with van der Waals surface area (Å²) in [6.07, 6.45) is 0. The minimum Gasteiger partial charge on any atom is -0.480 e. The van der Waals surface area contributed by atoms with Crippen LogP contribution in [0.5, 0.6) is 0 Å². The van der Waals surface area contributed by atoms with E-state index in [4.69, 9.17) is 9.63 Å². The van der Waals surface area contributed by atoms with Gasteiger partial charge in [0.1, 0.15) is 6.04 Å². The van der Waals surface area contributed by atoms with Crippen LogP contribution in [0.3, 0.4) is 0 Å². The monoisotopic (exact) mass is 331 g/mol. The van der Waals surface area contributed by atoms with Crippen LogP contribution >= 0.6 is 0 Å². The third-order valence-corrected chi connectivity index (χ3v) is 3.74. The average molecular weight is 331 g/mol. The molecule has 1 heterocycles. The zero-order valence-electron chi connectivity index (χ0n) is 14.4. The van der Waals surface area contributed by atoms with E-state index in [0.29, 0.717) is 17.0 Å². The van der Waals surface area contributed by atoms with Crippen LogP contribution in [0.15, 0.2) is 28.8 Å². The number of likely N-dealkylation sites (N-methyl/N-ethyl adjacent to an activating group) is 1. The highest BCUT2D eigenvalue weighted by Crippen LogP contribution is 2.27. The fraction of sp³-hybridized carbons (Fsp3) is 0.412. The number of carbonyl (C=O) groups is 2. The number of hydrogen-bond donors (Lipinski definition) is 1. The van der Waals surface area contributed by atoms with Gasteiger partial charge >= 0.3 is 5.97 Å². The predicted octanol–water partition coefficient (Wildman–Crippen LogP) is 2.58. The van der Waals surface area contributed by atoms with E-state index in [2.05, 4.69) is 10.1 Å². The van der Waals surface area contributed by atoms with Crippen LogP contribution in [0.1, 0.15) is 43.9 Å². The number of aromatic nitrogens is 2. The molecule has 1 amide bonds. The summed E-state index contributed by atoms with van der Waals surface area (Å²) in [7, 11) is 1.45. The number of rotatable bonds is 4. The van der Waals surface area contributed by atoms with Crippen LogP contribution < -0.4 is 0 Å². The van der Waals surface area contributed by atoms with Gasteiger partial charge in [0, 0.05) is 12.5 Å². The van der Waals surface area contributed by atoms with E-state index in [1.807, 2.05) is 20.8 Å². The highest BCUT2D eigenvalue weighted by atomic mass is 16.5. The normalized spacial score (nSPS) is 12.7. The van der Waals surface area contributed by atoms with Crippen molar-refractivity contribution < 1.29 is 19.2 Å². The molecule has 1 N–H and O–H groups in total. The van der Waals surface area contributed by atoms with Gasteiger partial charge in [-0.3, -0.25) is 4.79 Å². The number of hydrogen-bond acceptors (Lipinski definition) is 5. The molecule has 1 aromatic heterocycles. The van der Waals surface area contributed by atoms with E-state index in [-0.39, 0.29) is 11.3 Å². The van der Waals surface area contributed by atoms with Crippen molar-refractivity contribution in [2.45, 2.75) is 39.2 Å². The fourth-order valence-electron chi connectivity index (χ4n) is 2.03. The van der Waals surface area contributed by atoms with Gasteiger partial charge in [-0.05, 0) is 19.1 Å². The molecular formula is C17H21N3O4. The van der Waals surface area contributed by atoms with Crippen molar-refractivity contribution in [2.24, 2.45) is 0 Å². The lowest BCUT2D eigenvalue weighted by molar-refractivity contribution is -0.141. The van der Waals surface area contributed by atoms with E-state index >= 15 is 0 Å². The molecule has 0 aliphatic carbocycles. The molecular weight excluding hydrogens is 310 g/mol. The van der Waals surface area contributed by atoms with Gasteiger partial charge in [0.25, 0.3) is 11.8 Å². The highest BCUT2D eigenvalue weighted by molar-refractivity contribution is 6.01. The molecule has 2 rings (SSSR count). The molecule has 0 saturated heterocycles. The standard InChI is InChI=1S/C17H21N3O4/c1-10(15(22)23)20(5)14(21)12-9-7-6-8-11(12)13-18-16(19-24-13)17(2,3)4/h6-10H,1-5H3,(H,22,23). The number of aliphatic carboxylic acids is 1. The number of benzene rings is 1. The second kappa shape index (κ2) is 6.43. The number of nitrogens with zero attached hydrogens (tertiary/aromatic N) is 3. The Hall–Kier alpha value is -2.70. The zero-order valence-corrected chi connectivity index (χ0v) is 14.4. The van der Waals surface area contributed by atoms with Crippen molar-refractivity contribution in [3.05, 3.63) is 35.7 Å². The second-order valence-electron chi connectivity index (χ2n) is 6.65. The molecule has 24 heavy (non-hydrogen) atoms. The van der Waals surface area contributed by atoms with Crippen molar-refractivity contribution in [1.29, 1.82) is 0 Å². The number of carboxylic acids is 1. The molecule has 0 aliphatic heterocycles. The maximum Gasteiger partial charge on any atom is 0.326 e. The smallest absolute Gasteiger partial charge is 0.326 e. The molecule has 1 atom stereocenters. The molecule has 0 saturated carbocycles. The van der Waals surface area contributed by atoms with Crippen LogP contribution in [0.2, 0.25) is 0 Å². The minimum atomic E-state index is -1.07. The van der Waals surface area contributed by atoms with Crippen LogP contribution in [0.4, 0.5) is 0 Å². The van der Waals surface area contributed by atoms with Crippen molar-refractivity contribution in [3.8, 4) is 11.5 Å². The third-order valence-electron chi connectivity index (χ3n) is 3.74. The lowest BCUT2D eigenvalue weighted by Gasteiger charge is -2.22. The van der Waals surface area contributed by atoms with Gasteiger partial charge in [-0.1, -0.05) is 38.1 Å². The quantitative estimate of drug-likeness (QED) is 0.925. The summed E-state index contributed by atoms with van der Waals surface area (Å²) in [6, 6.07) is 5.83. The summed E-state index contributed by atoms with van der Waals surface area (Å²) >= 11 is 0. The van der Waals surface area contributed by atoms with Crippen molar-refractivity contribution in [1.82, 2.24) is 15.0 Å². The molecule has 7 nitrogen and oxygen atoms in total. The molecule has 2 aromatic rings. The Balaban J connectivity index is 2.43. The predicted molar refractivity (Wildman–Crippen MR) is 87.6 cm³/mol. The maximum absolute atomic E-state index is 12.7. The van der Waals surface area contributed by atoms with Gasteiger partial charge in [0.2, 0.25) is 0 Å². The number of amides is 1. The number of carboxylic acid groups (broad SMARTS) is 1. The molecule has 0 aliphatic rings. The van der Waals surface area contributed by atoms with Crippen LogP contribution in [0.25, 0.3) is 11.5 Å². The van der Waals surface area contributed by atoms with E-state index < -0.39 is 17.9 Å². The third kappa shape index (κ3) is 3.45. The Morgan fingerprint density at radius 3 is 2.42 bits per heavy atom. The van der Waals surface area contributed by atoms with E-state index in [1.165, 1.54) is 18.9 Å². The molecule has 1 aromatic carbocycles. The Labute approximate surface area is 140 Å². The topological polar surface area (TPSA) is 96.5 Å². The molecule has 0 bridgehead atoms. The SMILES string of the molecule is CC(C(=O)O)N(C)C(=O)c1ccccc1-c1nc(C(C)(C)C)no1. The van der Waals surface area contributed by atoms with E-state index in [9.17, 15) is 9.59 Å². The summed E-state index contributed by atoms with van der Waals surface area (Å²) in [6.45, 7) is 7.33. The zero-order chi connectivity index (χ0) is 18.1. The van der Waals surface area contributed by atoms with Crippen molar-refractivity contribution >= 4 is 11.9 Å². The Bertz CT molecular complexity index is 761. The summed E-state index contributed by atoms with van der Waals surface area (Å²) in [4.78, 5) is 29.3. The second-order valence-corrected chi connectivity index (χ2v) is 6.65. The summed E-state index contributed by atoms with van der Waals surface area (Å²) in [5, 5.41) is 13.1. The van der Waals surface area contributed by atoms with Crippen LogP contribution in [-0.4, -0.2) is 45.1 Å². The fourth-order valence-corrected chi connectivity index (χ4v) is 2.03. The average Bonchev–Trinajstić information content (AvgIpc) is 3.02. The minimum absolute atomic E-state index is 0.236. The maximum atomic E-state index is 12.7. The molecule has 128 valence electrons. The lowest BCUT2D eigenvalue weighted by atomic mass is 9.96. The van der Waals surface area contributed by atoms with Gasteiger partial charge < -0.3 is 14.5 Å². The molecule has 7 heteroatoms. The first-order valence-corrected chi connectivity index (χ1v) is 7.56. The Kier molecular flexibility index (Phi) is 4.73. The first-order valence-electron chi connectivity index (χ1n) is 7.56.